The van der Waals surface area contributed by atoms with Crippen LogP contribution in [0.4, 0.5) is 0 Å². The SMILES string of the molecule is C=C/C(COC(C)(C)C)=C(/C)C(N)=NC. The van der Waals surface area contributed by atoms with E-state index in [9.17, 15) is 0 Å². The number of rotatable bonds is 4. The third kappa shape index (κ3) is 5.37. The molecule has 0 fully saturated rings. The van der Waals surface area contributed by atoms with E-state index >= 15 is 0 Å². The monoisotopic (exact) mass is 210 g/mol. The van der Waals surface area contributed by atoms with E-state index in [4.69, 9.17) is 10.5 Å². The molecule has 0 radical (unpaired) electrons. The molecular weight excluding hydrogens is 188 g/mol. The Kier molecular flexibility index (Phi) is 5.29. The molecule has 0 bridgehead atoms. The molecule has 0 amide bonds. The second-order valence-corrected chi connectivity index (χ2v) is 4.36. The Morgan fingerprint density at radius 2 is 2.00 bits per heavy atom. The molecule has 3 nitrogen and oxygen atoms in total. The van der Waals surface area contributed by atoms with Crippen LogP contribution < -0.4 is 5.73 Å². The minimum Gasteiger partial charge on any atom is -0.384 e. The summed E-state index contributed by atoms with van der Waals surface area (Å²) in [5.41, 5.74) is 7.47. The molecule has 0 atom stereocenters. The van der Waals surface area contributed by atoms with Crippen molar-refractivity contribution in [3.63, 3.8) is 0 Å². The fourth-order valence-electron chi connectivity index (χ4n) is 0.947. The van der Waals surface area contributed by atoms with Gasteiger partial charge in [-0.3, -0.25) is 4.99 Å². The molecule has 0 unspecified atom stereocenters. The third-order valence-corrected chi connectivity index (χ3v) is 2.01. The Hall–Kier alpha value is -1.09. The zero-order chi connectivity index (χ0) is 12.1. The predicted molar refractivity (Wildman–Crippen MR) is 66.1 cm³/mol. The van der Waals surface area contributed by atoms with Crippen molar-refractivity contribution in [1.29, 1.82) is 0 Å². The van der Waals surface area contributed by atoms with E-state index in [2.05, 4.69) is 11.6 Å². The van der Waals surface area contributed by atoms with E-state index < -0.39 is 0 Å². The second-order valence-electron chi connectivity index (χ2n) is 4.36. The van der Waals surface area contributed by atoms with Crippen molar-refractivity contribution in [2.24, 2.45) is 10.7 Å². The summed E-state index contributed by atoms with van der Waals surface area (Å²) in [6.07, 6.45) is 1.76. The van der Waals surface area contributed by atoms with Gasteiger partial charge in [0.1, 0.15) is 5.84 Å². The maximum atomic E-state index is 5.72. The zero-order valence-electron chi connectivity index (χ0n) is 10.4. The molecule has 0 rings (SSSR count). The van der Waals surface area contributed by atoms with E-state index in [-0.39, 0.29) is 5.60 Å². The Labute approximate surface area is 92.7 Å². The number of hydrogen-bond acceptors (Lipinski definition) is 2. The molecule has 0 saturated carbocycles. The van der Waals surface area contributed by atoms with Crippen molar-refractivity contribution in [3.8, 4) is 0 Å². The van der Waals surface area contributed by atoms with Gasteiger partial charge in [-0.25, -0.2) is 0 Å². The standard InChI is InChI=1S/C12H22N2O/c1-7-10(8-15-12(3,4)5)9(2)11(13)14-6/h7H,1,8H2,2-6H3,(H2,13,14)/b10-9+. The largest absolute Gasteiger partial charge is 0.384 e. The van der Waals surface area contributed by atoms with Gasteiger partial charge >= 0.3 is 0 Å². The van der Waals surface area contributed by atoms with Crippen LogP contribution in [0.1, 0.15) is 27.7 Å². The van der Waals surface area contributed by atoms with Gasteiger partial charge in [0, 0.05) is 7.05 Å². The molecule has 0 aromatic rings. The fraction of sp³-hybridized carbons (Fsp3) is 0.583. The normalized spacial score (nSPS) is 14.9. The van der Waals surface area contributed by atoms with Crippen LogP contribution in [-0.4, -0.2) is 25.1 Å². The summed E-state index contributed by atoms with van der Waals surface area (Å²) in [5, 5.41) is 0. The van der Waals surface area contributed by atoms with Crippen LogP contribution in [0.2, 0.25) is 0 Å². The zero-order valence-corrected chi connectivity index (χ0v) is 10.4. The number of ether oxygens (including phenoxy) is 1. The number of hydrogen-bond donors (Lipinski definition) is 1. The maximum absolute atomic E-state index is 5.72. The molecule has 0 aliphatic carbocycles. The van der Waals surface area contributed by atoms with Crippen LogP contribution in [0.5, 0.6) is 0 Å². The summed E-state index contributed by atoms with van der Waals surface area (Å²) in [6, 6.07) is 0. The lowest BCUT2D eigenvalue weighted by atomic mass is 10.1. The van der Waals surface area contributed by atoms with E-state index in [1.807, 2.05) is 27.7 Å². The topological polar surface area (TPSA) is 47.6 Å². The molecule has 0 spiro atoms. The molecule has 0 aromatic carbocycles. The van der Waals surface area contributed by atoms with Crippen molar-refractivity contribution >= 4 is 5.84 Å². The average molecular weight is 210 g/mol. The molecule has 3 heteroatoms. The van der Waals surface area contributed by atoms with Gasteiger partial charge in [0.05, 0.1) is 12.2 Å². The van der Waals surface area contributed by atoms with Crippen molar-refractivity contribution in [2.75, 3.05) is 13.7 Å². The van der Waals surface area contributed by atoms with Gasteiger partial charge < -0.3 is 10.5 Å². The average Bonchev–Trinajstić information content (AvgIpc) is 2.15. The van der Waals surface area contributed by atoms with Crippen molar-refractivity contribution in [3.05, 3.63) is 23.8 Å². The number of aliphatic imine (C=N–C) groups is 1. The summed E-state index contributed by atoms with van der Waals surface area (Å²) in [7, 11) is 1.67. The van der Waals surface area contributed by atoms with E-state index in [1.165, 1.54) is 0 Å². The molecular formula is C12H22N2O. The molecule has 0 heterocycles. The molecule has 15 heavy (non-hydrogen) atoms. The highest BCUT2D eigenvalue weighted by molar-refractivity contribution is 5.97. The predicted octanol–water partition coefficient (Wildman–Crippen LogP) is 2.29. The van der Waals surface area contributed by atoms with Gasteiger partial charge in [-0.15, -0.1) is 0 Å². The first-order valence-corrected chi connectivity index (χ1v) is 5.00. The van der Waals surface area contributed by atoms with Gasteiger partial charge in [-0.2, -0.15) is 0 Å². The van der Waals surface area contributed by atoms with Gasteiger partial charge in [-0.1, -0.05) is 12.7 Å². The summed E-state index contributed by atoms with van der Waals surface area (Å²) in [4.78, 5) is 3.93. The second kappa shape index (κ2) is 5.71. The lowest BCUT2D eigenvalue weighted by Gasteiger charge is -2.20. The minimum atomic E-state index is -0.160. The van der Waals surface area contributed by atoms with E-state index in [1.54, 1.807) is 13.1 Å². The first-order valence-electron chi connectivity index (χ1n) is 5.00. The Bertz CT molecular complexity index is 282. The third-order valence-electron chi connectivity index (χ3n) is 2.01. The summed E-state index contributed by atoms with van der Waals surface area (Å²) in [5.74, 6) is 0.530. The highest BCUT2D eigenvalue weighted by Gasteiger charge is 2.11. The minimum absolute atomic E-state index is 0.160. The number of nitrogens with two attached hydrogens (primary N) is 1. The Morgan fingerprint density at radius 1 is 1.47 bits per heavy atom. The molecule has 2 N–H and O–H groups in total. The quantitative estimate of drug-likeness (QED) is 0.439. The van der Waals surface area contributed by atoms with Crippen molar-refractivity contribution < 1.29 is 4.74 Å². The highest BCUT2D eigenvalue weighted by atomic mass is 16.5. The smallest absolute Gasteiger partial charge is 0.121 e. The molecule has 86 valence electrons. The van der Waals surface area contributed by atoms with Gasteiger partial charge in [0.15, 0.2) is 0 Å². The van der Waals surface area contributed by atoms with Gasteiger partial charge in [-0.05, 0) is 38.8 Å². The molecule has 0 aliphatic rings. The summed E-state index contributed by atoms with van der Waals surface area (Å²) in [6.45, 7) is 12.2. The molecule has 0 saturated heterocycles. The first kappa shape index (κ1) is 13.9. The van der Waals surface area contributed by atoms with E-state index in [0.29, 0.717) is 12.4 Å². The van der Waals surface area contributed by atoms with E-state index in [0.717, 1.165) is 11.1 Å². The van der Waals surface area contributed by atoms with Gasteiger partial charge in [0.25, 0.3) is 0 Å². The number of amidine groups is 1. The lowest BCUT2D eigenvalue weighted by molar-refractivity contribution is 0.0121. The Morgan fingerprint density at radius 3 is 2.33 bits per heavy atom. The van der Waals surface area contributed by atoms with Crippen LogP contribution in [0, 0.1) is 0 Å². The Balaban J connectivity index is 4.70. The van der Waals surface area contributed by atoms with Crippen LogP contribution in [0.3, 0.4) is 0 Å². The fourth-order valence-corrected chi connectivity index (χ4v) is 0.947. The summed E-state index contributed by atoms with van der Waals surface area (Å²) < 4.78 is 5.66. The van der Waals surface area contributed by atoms with Crippen molar-refractivity contribution in [1.82, 2.24) is 0 Å². The number of nitrogens with zero attached hydrogens (tertiary/aromatic N) is 1. The highest BCUT2D eigenvalue weighted by Crippen LogP contribution is 2.12. The maximum Gasteiger partial charge on any atom is 0.121 e. The van der Waals surface area contributed by atoms with Crippen molar-refractivity contribution in [2.45, 2.75) is 33.3 Å². The van der Waals surface area contributed by atoms with Crippen LogP contribution in [0.15, 0.2) is 28.8 Å². The summed E-state index contributed by atoms with van der Waals surface area (Å²) >= 11 is 0. The van der Waals surface area contributed by atoms with Crippen LogP contribution in [0.25, 0.3) is 0 Å². The first-order chi connectivity index (χ1) is 6.81. The van der Waals surface area contributed by atoms with Gasteiger partial charge in [0.2, 0.25) is 0 Å². The molecule has 0 aromatic heterocycles. The van der Waals surface area contributed by atoms with Crippen LogP contribution >= 0.6 is 0 Å². The van der Waals surface area contributed by atoms with Crippen LogP contribution in [-0.2, 0) is 4.74 Å². The lowest BCUT2D eigenvalue weighted by Crippen LogP contribution is -2.22. The molecule has 0 aliphatic heterocycles.